The second-order valence-corrected chi connectivity index (χ2v) is 11.1. The lowest BCUT2D eigenvalue weighted by molar-refractivity contribution is -0.146. The number of anilines is 1. The number of nitrogens with zero attached hydrogens (tertiary/aromatic N) is 5. The van der Waals surface area contributed by atoms with E-state index in [9.17, 15) is 27.6 Å². The summed E-state index contributed by atoms with van der Waals surface area (Å²) in [4.78, 5) is 41.6. The summed E-state index contributed by atoms with van der Waals surface area (Å²) in [5.74, 6) is -3.86. The van der Waals surface area contributed by atoms with Gasteiger partial charge in [-0.25, -0.2) is 4.57 Å². The number of ether oxygens (including phenoxy) is 1. The van der Waals surface area contributed by atoms with Gasteiger partial charge in [-0.1, -0.05) is 48.9 Å². The zero-order valence-electron chi connectivity index (χ0n) is 23.7. The van der Waals surface area contributed by atoms with Crippen molar-refractivity contribution in [3.63, 3.8) is 0 Å². The molecule has 0 aliphatic heterocycles. The SMILES string of the molecule is CCOC(=O)Cn1c(C(=O)N(C)c2nnc(C(F)(F)F)n2-c2sc(CC)cc2C(=O)c2ccccc2Cl)cc2ccccc21. The molecule has 3 heterocycles. The van der Waals surface area contributed by atoms with Gasteiger partial charge in [-0.2, -0.15) is 13.2 Å². The molecule has 0 saturated carbocycles. The molecule has 0 saturated heterocycles. The molecule has 0 aliphatic rings. The Labute approximate surface area is 258 Å². The van der Waals surface area contributed by atoms with Crippen LogP contribution < -0.4 is 4.90 Å². The number of carbonyl (C=O) groups excluding carboxylic acids is 3. The Hall–Kier alpha value is -4.49. The van der Waals surface area contributed by atoms with Crippen LogP contribution in [0, 0.1) is 0 Å². The summed E-state index contributed by atoms with van der Waals surface area (Å²) in [5, 5.41) is 7.82. The molecule has 0 spiro atoms. The molecule has 0 unspecified atom stereocenters. The third kappa shape index (κ3) is 5.72. The van der Waals surface area contributed by atoms with E-state index in [1.165, 1.54) is 35.9 Å². The number of hydrogen-bond acceptors (Lipinski definition) is 7. The van der Waals surface area contributed by atoms with Gasteiger partial charge in [0.1, 0.15) is 17.2 Å². The molecule has 0 aliphatic carbocycles. The summed E-state index contributed by atoms with van der Waals surface area (Å²) in [6.45, 7) is 3.27. The Morgan fingerprint density at radius 1 is 1.00 bits per heavy atom. The van der Waals surface area contributed by atoms with Gasteiger partial charge in [0.15, 0.2) is 5.78 Å². The Kier molecular flexibility index (Phi) is 8.62. The number of alkyl halides is 3. The van der Waals surface area contributed by atoms with E-state index in [-0.39, 0.29) is 40.0 Å². The highest BCUT2D eigenvalue weighted by Gasteiger charge is 2.42. The first kappa shape index (κ1) is 31.0. The molecule has 1 amide bonds. The first-order valence-electron chi connectivity index (χ1n) is 13.4. The number of hydrogen-bond donors (Lipinski definition) is 0. The molecular weight excluding hydrogens is 619 g/mol. The Bertz CT molecular complexity index is 1890. The van der Waals surface area contributed by atoms with Crippen molar-refractivity contribution in [2.45, 2.75) is 33.0 Å². The zero-order valence-corrected chi connectivity index (χ0v) is 25.3. The minimum atomic E-state index is -4.99. The van der Waals surface area contributed by atoms with Crippen molar-refractivity contribution in [2.24, 2.45) is 0 Å². The maximum absolute atomic E-state index is 14.4. The number of aromatic nitrogens is 4. The van der Waals surface area contributed by atoms with Crippen molar-refractivity contribution in [2.75, 3.05) is 18.6 Å². The Morgan fingerprint density at radius 2 is 1.70 bits per heavy atom. The van der Waals surface area contributed by atoms with Crippen molar-refractivity contribution >= 4 is 57.4 Å². The minimum absolute atomic E-state index is 0.0117. The number of carbonyl (C=O) groups is 3. The van der Waals surface area contributed by atoms with E-state index in [2.05, 4.69) is 10.2 Å². The number of esters is 1. The molecule has 14 heteroatoms. The van der Waals surface area contributed by atoms with Crippen LogP contribution in [0.1, 0.15) is 51.0 Å². The summed E-state index contributed by atoms with van der Waals surface area (Å²) < 4.78 is 50.3. The van der Waals surface area contributed by atoms with Crippen LogP contribution in [0.15, 0.2) is 60.7 Å². The molecule has 0 bridgehead atoms. The van der Waals surface area contributed by atoms with E-state index in [4.69, 9.17) is 16.3 Å². The highest BCUT2D eigenvalue weighted by molar-refractivity contribution is 7.15. The molecule has 0 radical (unpaired) electrons. The summed E-state index contributed by atoms with van der Waals surface area (Å²) in [7, 11) is 1.25. The quantitative estimate of drug-likeness (QED) is 0.133. The average Bonchev–Trinajstić information content (AvgIpc) is 3.72. The number of aryl methyl sites for hydroxylation is 1. The van der Waals surface area contributed by atoms with Gasteiger partial charge in [-0.05, 0) is 43.7 Å². The van der Waals surface area contributed by atoms with Crippen LogP contribution in [0.2, 0.25) is 5.02 Å². The molecular formula is C30H25ClF3N5O4S. The third-order valence-corrected chi connectivity index (χ3v) is 8.40. The van der Waals surface area contributed by atoms with E-state index >= 15 is 0 Å². The van der Waals surface area contributed by atoms with E-state index in [1.54, 1.807) is 50.2 Å². The van der Waals surface area contributed by atoms with Gasteiger partial charge in [-0.15, -0.1) is 21.5 Å². The summed E-state index contributed by atoms with van der Waals surface area (Å²) in [6.07, 6.45) is -4.57. The van der Waals surface area contributed by atoms with Crippen molar-refractivity contribution in [3.05, 3.63) is 93.2 Å². The number of rotatable bonds is 9. The standard InChI is InChI=1S/C30H25ClF3N5O4S/c1-4-18-15-20(25(41)19-11-7-8-12-21(19)31)27(44-18)39-28(30(32,33)34)35-36-29(39)37(3)26(42)23-14-17-10-6-9-13-22(17)38(23)16-24(40)43-5-2/h6-15H,4-5,16H2,1-3H3. The predicted molar refractivity (Wildman–Crippen MR) is 160 cm³/mol. The van der Waals surface area contributed by atoms with E-state index in [0.29, 0.717) is 26.8 Å². The van der Waals surface area contributed by atoms with Gasteiger partial charge in [-0.3, -0.25) is 19.3 Å². The van der Waals surface area contributed by atoms with Crippen LogP contribution in [-0.4, -0.2) is 50.6 Å². The maximum Gasteiger partial charge on any atom is 0.452 e. The number of halogens is 4. The van der Waals surface area contributed by atoms with Gasteiger partial charge in [0.25, 0.3) is 5.91 Å². The van der Waals surface area contributed by atoms with Gasteiger partial charge in [0, 0.05) is 28.4 Å². The van der Waals surface area contributed by atoms with Gasteiger partial charge >= 0.3 is 12.1 Å². The Morgan fingerprint density at radius 3 is 2.39 bits per heavy atom. The first-order valence-corrected chi connectivity index (χ1v) is 14.6. The van der Waals surface area contributed by atoms with Gasteiger partial charge in [0.2, 0.25) is 11.8 Å². The summed E-state index contributed by atoms with van der Waals surface area (Å²) in [6, 6.07) is 16.2. The van der Waals surface area contributed by atoms with Crippen LogP contribution in [0.5, 0.6) is 0 Å². The van der Waals surface area contributed by atoms with E-state index < -0.39 is 35.6 Å². The minimum Gasteiger partial charge on any atom is -0.465 e. The Balaban J connectivity index is 1.67. The highest BCUT2D eigenvalue weighted by atomic mass is 35.5. The predicted octanol–water partition coefficient (Wildman–Crippen LogP) is 6.59. The molecule has 228 valence electrons. The molecule has 0 fully saturated rings. The molecule has 2 aromatic carbocycles. The number of para-hydroxylation sites is 1. The fourth-order valence-electron chi connectivity index (χ4n) is 4.74. The lowest BCUT2D eigenvalue weighted by atomic mass is 10.0. The van der Waals surface area contributed by atoms with Crippen molar-refractivity contribution in [1.29, 1.82) is 0 Å². The van der Waals surface area contributed by atoms with Gasteiger partial charge < -0.3 is 9.30 Å². The summed E-state index contributed by atoms with van der Waals surface area (Å²) in [5.41, 5.74) is 0.613. The smallest absolute Gasteiger partial charge is 0.452 e. The van der Waals surface area contributed by atoms with Crippen LogP contribution in [0.4, 0.5) is 19.1 Å². The second-order valence-electron chi connectivity index (χ2n) is 9.59. The molecule has 0 atom stereocenters. The number of fused-ring (bicyclic) bond motifs is 1. The number of ketones is 1. The van der Waals surface area contributed by atoms with Crippen LogP contribution in [0.25, 0.3) is 15.9 Å². The molecule has 0 N–H and O–H groups in total. The van der Waals surface area contributed by atoms with Crippen molar-refractivity contribution < 1.29 is 32.3 Å². The number of amides is 1. The van der Waals surface area contributed by atoms with E-state index in [1.807, 2.05) is 0 Å². The largest absolute Gasteiger partial charge is 0.465 e. The lowest BCUT2D eigenvalue weighted by Gasteiger charge is -2.20. The zero-order chi connectivity index (χ0) is 31.8. The highest BCUT2D eigenvalue weighted by Crippen LogP contribution is 2.38. The molecule has 3 aromatic heterocycles. The van der Waals surface area contributed by atoms with Gasteiger partial charge in [0.05, 0.1) is 17.2 Å². The van der Waals surface area contributed by atoms with Crippen molar-refractivity contribution in [3.8, 4) is 5.00 Å². The molecule has 5 aromatic rings. The van der Waals surface area contributed by atoms with Crippen LogP contribution in [-0.2, 0) is 28.7 Å². The monoisotopic (exact) mass is 643 g/mol. The first-order chi connectivity index (χ1) is 21.0. The summed E-state index contributed by atoms with van der Waals surface area (Å²) >= 11 is 7.22. The van der Waals surface area contributed by atoms with E-state index in [0.717, 1.165) is 16.2 Å². The molecule has 5 rings (SSSR count). The third-order valence-electron chi connectivity index (χ3n) is 6.80. The second kappa shape index (κ2) is 12.2. The molecule has 44 heavy (non-hydrogen) atoms. The van der Waals surface area contributed by atoms with Crippen LogP contribution in [0.3, 0.4) is 0 Å². The fourth-order valence-corrected chi connectivity index (χ4v) is 6.06. The topological polar surface area (TPSA) is 99.3 Å². The fraction of sp³-hybridized carbons (Fsp3) is 0.233. The number of thiophene rings is 1. The number of benzene rings is 2. The lowest BCUT2D eigenvalue weighted by Crippen LogP contribution is -2.32. The molecule has 9 nitrogen and oxygen atoms in total. The average molecular weight is 644 g/mol. The maximum atomic E-state index is 14.4. The normalized spacial score (nSPS) is 11.6. The van der Waals surface area contributed by atoms with Crippen molar-refractivity contribution in [1.82, 2.24) is 19.3 Å². The van der Waals surface area contributed by atoms with Crippen LogP contribution >= 0.6 is 22.9 Å².